The van der Waals surface area contributed by atoms with Crippen molar-refractivity contribution in [1.29, 1.82) is 0 Å². The van der Waals surface area contributed by atoms with Gasteiger partial charge in [0.05, 0.1) is 22.1 Å². The molecular weight excluding hydrogens is 843 g/mol. The lowest BCUT2D eigenvalue weighted by Gasteiger charge is -2.15. The molecule has 0 saturated heterocycles. The van der Waals surface area contributed by atoms with Crippen molar-refractivity contribution >= 4 is 65.6 Å². The molecule has 10 aromatic carbocycles. The first kappa shape index (κ1) is 38.8. The average molecular weight is 882 g/mol. The van der Waals surface area contributed by atoms with Gasteiger partial charge in [0.25, 0.3) is 0 Å². The number of benzene rings is 10. The predicted molar refractivity (Wildman–Crippen MR) is 283 cm³/mol. The summed E-state index contributed by atoms with van der Waals surface area (Å²) in [5.41, 5.74) is 15.2. The molecule has 0 aliphatic rings. The van der Waals surface area contributed by atoms with Gasteiger partial charge < -0.3 is 8.98 Å². The van der Waals surface area contributed by atoms with Crippen LogP contribution in [0, 0.1) is 0 Å². The van der Waals surface area contributed by atoms with Crippen molar-refractivity contribution in [2.75, 3.05) is 0 Å². The Morgan fingerprint density at radius 3 is 1.52 bits per heavy atom. The van der Waals surface area contributed by atoms with Crippen LogP contribution in [0.15, 0.2) is 241 Å². The van der Waals surface area contributed by atoms with Crippen molar-refractivity contribution in [2.24, 2.45) is 0 Å². The molecule has 6 nitrogen and oxygen atoms in total. The van der Waals surface area contributed by atoms with E-state index in [0.717, 1.165) is 116 Å². The van der Waals surface area contributed by atoms with Crippen LogP contribution >= 0.6 is 0 Å². The molecule has 0 bridgehead atoms. The molecule has 0 unspecified atom stereocenters. The zero-order valence-corrected chi connectivity index (χ0v) is 37.2. The Bertz CT molecular complexity index is 4290. The SMILES string of the molecule is c1ccc(-c2cccc(-n3c4ccccc4c4ccc5c6cccc(-c7ccccc7)c6n(-c6nc(-c7ccccc7)nc(-c7cccc8oc9cccc(-c%10ccccc%10)c9c78)n6)c5c43)c2)cc1. The zero-order valence-electron chi connectivity index (χ0n) is 37.2. The van der Waals surface area contributed by atoms with Gasteiger partial charge in [-0.15, -0.1) is 0 Å². The molecule has 0 saturated carbocycles. The van der Waals surface area contributed by atoms with Gasteiger partial charge in [0, 0.05) is 54.7 Å². The summed E-state index contributed by atoms with van der Waals surface area (Å²) < 4.78 is 11.4. The number of furan rings is 1. The van der Waals surface area contributed by atoms with Crippen molar-refractivity contribution < 1.29 is 4.42 Å². The van der Waals surface area contributed by atoms with Crippen LogP contribution < -0.4 is 0 Å². The van der Waals surface area contributed by atoms with E-state index in [9.17, 15) is 0 Å². The molecular formula is C63H39N5O. The third-order valence-corrected chi connectivity index (χ3v) is 13.6. The van der Waals surface area contributed by atoms with E-state index < -0.39 is 0 Å². The van der Waals surface area contributed by atoms with Crippen LogP contribution in [0.3, 0.4) is 0 Å². The highest BCUT2D eigenvalue weighted by molar-refractivity contribution is 6.25. The topological polar surface area (TPSA) is 61.7 Å². The third kappa shape index (κ3) is 6.16. The molecule has 4 aromatic heterocycles. The Hall–Kier alpha value is -9.39. The number of hydrogen-bond donors (Lipinski definition) is 0. The molecule has 0 fully saturated rings. The van der Waals surface area contributed by atoms with Crippen LogP contribution in [0.25, 0.3) is 133 Å². The van der Waals surface area contributed by atoms with E-state index in [1.165, 1.54) is 0 Å². The van der Waals surface area contributed by atoms with Gasteiger partial charge in [0.15, 0.2) is 11.6 Å². The maximum Gasteiger partial charge on any atom is 0.238 e. The van der Waals surface area contributed by atoms with Crippen molar-refractivity contribution in [2.45, 2.75) is 0 Å². The second kappa shape index (κ2) is 15.6. The van der Waals surface area contributed by atoms with E-state index in [4.69, 9.17) is 19.4 Å². The monoisotopic (exact) mass is 881 g/mol. The van der Waals surface area contributed by atoms with Gasteiger partial charge in [-0.2, -0.15) is 9.97 Å². The minimum absolute atomic E-state index is 0.512. The van der Waals surface area contributed by atoms with Crippen LogP contribution in [0.1, 0.15) is 0 Å². The Morgan fingerprint density at radius 1 is 0.304 bits per heavy atom. The van der Waals surface area contributed by atoms with Crippen molar-refractivity contribution in [3.05, 3.63) is 237 Å². The average Bonchev–Trinajstić information content (AvgIpc) is 4.10. The summed E-state index contributed by atoms with van der Waals surface area (Å²) in [5.74, 6) is 1.63. The van der Waals surface area contributed by atoms with E-state index in [2.05, 4.69) is 203 Å². The molecule has 14 rings (SSSR count). The molecule has 0 radical (unpaired) electrons. The van der Waals surface area contributed by atoms with Crippen LogP contribution in [0.2, 0.25) is 0 Å². The quantitative estimate of drug-likeness (QED) is 0.160. The standard InChI is InChI=1S/C63H39N5O/c1-5-19-40(20-6-1)44-27-15-28-45(39-44)67-53-34-14-13-29-48(53)50-37-38-51-49-32-16-31-47(42-23-9-3-10-24-42)58(49)68(60(51)59(50)67)63-65-61(43-25-11-4-12-26-43)64-62(66-63)52-33-18-36-55-57(52)56-46(30-17-35-54(56)69-55)41-21-7-2-8-22-41/h1-39H. The van der Waals surface area contributed by atoms with E-state index in [1.807, 2.05) is 42.5 Å². The third-order valence-electron chi connectivity index (χ3n) is 13.6. The summed E-state index contributed by atoms with van der Waals surface area (Å²) in [4.78, 5) is 16.6. The smallest absolute Gasteiger partial charge is 0.238 e. The van der Waals surface area contributed by atoms with Crippen molar-refractivity contribution in [3.8, 4) is 67.8 Å². The number of aromatic nitrogens is 5. The summed E-state index contributed by atoms with van der Waals surface area (Å²) in [6, 6.07) is 83.2. The van der Waals surface area contributed by atoms with Crippen LogP contribution in [0.4, 0.5) is 0 Å². The normalized spacial score (nSPS) is 11.8. The second-order valence-electron chi connectivity index (χ2n) is 17.5. The molecule has 0 amide bonds. The second-order valence-corrected chi connectivity index (χ2v) is 17.5. The number of hydrogen-bond acceptors (Lipinski definition) is 4. The first-order chi connectivity index (χ1) is 34.2. The molecule has 0 aliphatic heterocycles. The molecule has 14 aromatic rings. The maximum absolute atomic E-state index is 6.66. The number of rotatable bonds is 7. The highest BCUT2D eigenvalue weighted by Gasteiger charge is 2.26. The summed E-state index contributed by atoms with van der Waals surface area (Å²) in [6.45, 7) is 0. The molecule has 322 valence electrons. The highest BCUT2D eigenvalue weighted by Crippen LogP contribution is 2.46. The van der Waals surface area contributed by atoms with Gasteiger partial charge in [-0.05, 0) is 58.1 Å². The van der Waals surface area contributed by atoms with E-state index in [0.29, 0.717) is 17.6 Å². The van der Waals surface area contributed by atoms with Crippen molar-refractivity contribution in [3.63, 3.8) is 0 Å². The Labute approximate surface area is 396 Å². The number of nitrogens with zero attached hydrogens (tertiary/aromatic N) is 5. The molecule has 4 heterocycles. The molecule has 0 spiro atoms. The lowest BCUT2D eigenvalue weighted by molar-refractivity contribution is 0.669. The molecule has 0 atom stereocenters. The first-order valence-corrected chi connectivity index (χ1v) is 23.3. The minimum Gasteiger partial charge on any atom is -0.456 e. The highest BCUT2D eigenvalue weighted by atomic mass is 16.3. The fraction of sp³-hybridized carbons (Fsp3) is 0. The first-order valence-electron chi connectivity index (χ1n) is 23.3. The molecule has 69 heavy (non-hydrogen) atoms. The van der Waals surface area contributed by atoms with Crippen LogP contribution in [0.5, 0.6) is 0 Å². The number of fused-ring (bicyclic) bond motifs is 10. The van der Waals surface area contributed by atoms with E-state index in [1.54, 1.807) is 0 Å². The van der Waals surface area contributed by atoms with Gasteiger partial charge in [0.2, 0.25) is 5.95 Å². The Morgan fingerprint density at radius 2 is 0.797 bits per heavy atom. The van der Waals surface area contributed by atoms with Gasteiger partial charge in [-0.1, -0.05) is 206 Å². The molecule has 0 aliphatic carbocycles. The largest absolute Gasteiger partial charge is 0.456 e. The summed E-state index contributed by atoms with van der Waals surface area (Å²) in [5, 5.41) is 6.46. The lowest BCUT2D eigenvalue weighted by atomic mass is 9.97. The van der Waals surface area contributed by atoms with Crippen molar-refractivity contribution in [1.82, 2.24) is 24.1 Å². The van der Waals surface area contributed by atoms with Crippen LogP contribution in [-0.2, 0) is 0 Å². The van der Waals surface area contributed by atoms with E-state index in [-0.39, 0.29) is 0 Å². The molecule has 0 N–H and O–H groups in total. The van der Waals surface area contributed by atoms with Crippen LogP contribution in [-0.4, -0.2) is 24.1 Å². The van der Waals surface area contributed by atoms with Gasteiger partial charge in [0.1, 0.15) is 11.2 Å². The van der Waals surface area contributed by atoms with E-state index >= 15 is 0 Å². The fourth-order valence-corrected chi connectivity index (χ4v) is 10.6. The van der Waals surface area contributed by atoms with Gasteiger partial charge in [-0.25, -0.2) is 4.98 Å². The molecule has 6 heteroatoms. The predicted octanol–water partition coefficient (Wildman–Crippen LogP) is 16.3. The minimum atomic E-state index is 0.512. The Kier molecular flexibility index (Phi) is 8.79. The Balaban J connectivity index is 1.14. The summed E-state index contributed by atoms with van der Waals surface area (Å²) >= 11 is 0. The zero-order chi connectivity index (χ0) is 45.4. The lowest BCUT2D eigenvalue weighted by Crippen LogP contribution is -2.08. The van der Waals surface area contributed by atoms with Gasteiger partial charge in [-0.3, -0.25) is 4.57 Å². The summed E-state index contributed by atoms with van der Waals surface area (Å²) in [6.07, 6.45) is 0. The van der Waals surface area contributed by atoms with Gasteiger partial charge >= 0.3 is 0 Å². The summed E-state index contributed by atoms with van der Waals surface area (Å²) in [7, 11) is 0. The maximum atomic E-state index is 6.66. The fourth-order valence-electron chi connectivity index (χ4n) is 10.6. The number of para-hydroxylation sites is 2.